The number of carbonyl (C=O) groups excluding carboxylic acids is 1. The van der Waals surface area contributed by atoms with Crippen LogP contribution in [0, 0.1) is 0 Å². The van der Waals surface area contributed by atoms with E-state index in [4.69, 9.17) is 20.3 Å². The van der Waals surface area contributed by atoms with Gasteiger partial charge in [-0.1, -0.05) is 6.58 Å². The monoisotopic (exact) mass is 253 g/mol. The quantitative estimate of drug-likeness (QED) is 0.330. The van der Waals surface area contributed by atoms with Crippen LogP contribution >= 0.6 is 7.82 Å². The zero-order valence-electron chi connectivity index (χ0n) is 8.96. The van der Waals surface area contributed by atoms with Gasteiger partial charge >= 0.3 is 13.8 Å². The first-order valence-electron chi connectivity index (χ1n) is 4.53. The Morgan fingerprint density at radius 1 is 1.56 bits per heavy atom. The molecule has 0 aliphatic rings. The summed E-state index contributed by atoms with van der Waals surface area (Å²) in [5, 5.41) is 0. The smallest absolute Gasteiger partial charge is 0.462 e. The molecule has 7 nitrogen and oxygen atoms in total. The largest absolute Gasteiger partial charge is 0.469 e. The predicted octanol–water partition coefficient (Wildman–Crippen LogP) is -0.0676. The molecule has 1 unspecified atom stereocenters. The molecule has 0 rings (SSSR count). The standard InChI is InChI=1S/C8H16NO6P/c1-6(2)8(10)14-4-3-7(5-9)15-16(11,12)13/h7H,1,3-5,9H2,2H3,(H2,11,12,13). The lowest BCUT2D eigenvalue weighted by atomic mass is 10.3. The average molecular weight is 253 g/mol. The van der Waals surface area contributed by atoms with Crippen LogP contribution in [0.1, 0.15) is 13.3 Å². The third-order valence-corrected chi connectivity index (χ3v) is 2.14. The van der Waals surface area contributed by atoms with Crippen molar-refractivity contribution in [1.82, 2.24) is 0 Å². The molecule has 8 heteroatoms. The molecule has 0 saturated carbocycles. The van der Waals surface area contributed by atoms with E-state index in [9.17, 15) is 9.36 Å². The predicted molar refractivity (Wildman–Crippen MR) is 56.4 cm³/mol. The molecule has 0 aromatic carbocycles. The van der Waals surface area contributed by atoms with Gasteiger partial charge in [0, 0.05) is 18.5 Å². The van der Waals surface area contributed by atoms with Crippen LogP contribution in [0.4, 0.5) is 0 Å². The highest BCUT2D eigenvalue weighted by Gasteiger charge is 2.21. The first kappa shape index (κ1) is 15.3. The van der Waals surface area contributed by atoms with E-state index in [1.54, 1.807) is 0 Å². The van der Waals surface area contributed by atoms with Gasteiger partial charge < -0.3 is 20.3 Å². The Kier molecular flexibility index (Phi) is 6.47. The van der Waals surface area contributed by atoms with Gasteiger partial charge in [-0.05, 0) is 6.92 Å². The molecule has 0 heterocycles. The number of hydrogen-bond donors (Lipinski definition) is 3. The second kappa shape index (κ2) is 6.78. The molecule has 0 bridgehead atoms. The fraction of sp³-hybridized carbons (Fsp3) is 0.625. The molecule has 0 amide bonds. The van der Waals surface area contributed by atoms with Crippen molar-refractivity contribution in [3.8, 4) is 0 Å². The summed E-state index contributed by atoms with van der Waals surface area (Å²) < 4.78 is 19.6. The Hall–Kier alpha value is -0.720. The Balaban J connectivity index is 3.93. The van der Waals surface area contributed by atoms with E-state index < -0.39 is 19.9 Å². The molecule has 0 aromatic rings. The van der Waals surface area contributed by atoms with Gasteiger partial charge in [-0.3, -0.25) is 4.52 Å². The van der Waals surface area contributed by atoms with Crippen LogP contribution < -0.4 is 5.73 Å². The van der Waals surface area contributed by atoms with Crippen LogP contribution in [0.15, 0.2) is 12.2 Å². The maximum Gasteiger partial charge on any atom is 0.469 e. The Morgan fingerprint density at radius 3 is 2.50 bits per heavy atom. The molecular formula is C8H16NO6P. The minimum absolute atomic E-state index is 0.0342. The third-order valence-electron chi connectivity index (χ3n) is 1.57. The van der Waals surface area contributed by atoms with Gasteiger partial charge in [0.15, 0.2) is 0 Å². The fourth-order valence-corrected chi connectivity index (χ4v) is 1.39. The van der Waals surface area contributed by atoms with Crippen LogP contribution in [0.5, 0.6) is 0 Å². The normalized spacial score (nSPS) is 13.2. The lowest BCUT2D eigenvalue weighted by molar-refractivity contribution is -0.139. The molecule has 16 heavy (non-hydrogen) atoms. The summed E-state index contributed by atoms with van der Waals surface area (Å²) in [6.07, 6.45) is -0.737. The van der Waals surface area contributed by atoms with Crippen LogP contribution in [0.25, 0.3) is 0 Å². The summed E-state index contributed by atoms with van der Waals surface area (Å²) in [5.74, 6) is -0.563. The highest BCUT2D eigenvalue weighted by Crippen LogP contribution is 2.37. The van der Waals surface area contributed by atoms with E-state index >= 15 is 0 Å². The lowest BCUT2D eigenvalue weighted by Gasteiger charge is -2.16. The maximum atomic E-state index is 11.0. The molecular weight excluding hydrogens is 237 g/mol. The van der Waals surface area contributed by atoms with E-state index in [1.807, 2.05) is 0 Å². The number of hydrogen-bond acceptors (Lipinski definition) is 5. The number of carbonyl (C=O) groups is 1. The summed E-state index contributed by atoms with van der Waals surface area (Å²) in [7, 11) is -4.56. The van der Waals surface area contributed by atoms with Crippen molar-refractivity contribution >= 4 is 13.8 Å². The van der Waals surface area contributed by atoms with Crippen molar-refractivity contribution in [2.75, 3.05) is 13.2 Å². The van der Waals surface area contributed by atoms with Crippen molar-refractivity contribution in [1.29, 1.82) is 0 Å². The summed E-state index contributed by atoms with van der Waals surface area (Å²) >= 11 is 0. The second-order valence-corrected chi connectivity index (χ2v) is 4.35. The average Bonchev–Trinajstić information content (AvgIpc) is 2.13. The lowest BCUT2D eigenvalue weighted by Crippen LogP contribution is -2.25. The molecule has 0 saturated heterocycles. The molecule has 0 aliphatic heterocycles. The molecule has 1 atom stereocenters. The van der Waals surface area contributed by atoms with Crippen molar-refractivity contribution in [2.45, 2.75) is 19.4 Å². The number of rotatable bonds is 7. The van der Waals surface area contributed by atoms with Gasteiger partial charge in [0.25, 0.3) is 0 Å². The second-order valence-electron chi connectivity index (χ2n) is 3.16. The van der Waals surface area contributed by atoms with Crippen molar-refractivity contribution in [2.24, 2.45) is 5.73 Å². The van der Waals surface area contributed by atoms with E-state index in [1.165, 1.54) is 6.92 Å². The molecule has 0 spiro atoms. The fourth-order valence-electron chi connectivity index (χ4n) is 0.814. The van der Waals surface area contributed by atoms with Crippen LogP contribution in [-0.4, -0.2) is 35.0 Å². The van der Waals surface area contributed by atoms with E-state index in [-0.39, 0.29) is 25.1 Å². The first-order chi connectivity index (χ1) is 7.26. The Morgan fingerprint density at radius 2 is 2.12 bits per heavy atom. The summed E-state index contributed by atoms with van der Waals surface area (Å²) in [6, 6.07) is 0. The van der Waals surface area contributed by atoms with Crippen molar-refractivity contribution in [3.05, 3.63) is 12.2 Å². The van der Waals surface area contributed by atoms with Gasteiger partial charge in [-0.2, -0.15) is 0 Å². The third kappa shape index (κ3) is 7.56. The van der Waals surface area contributed by atoms with Crippen molar-refractivity contribution < 1.29 is 28.4 Å². The molecule has 94 valence electrons. The summed E-state index contributed by atoms with van der Waals surface area (Å²) in [6.45, 7) is 4.76. The van der Waals surface area contributed by atoms with E-state index in [2.05, 4.69) is 11.1 Å². The topological polar surface area (TPSA) is 119 Å². The maximum absolute atomic E-state index is 11.0. The molecule has 0 radical (unpaired) electrons. The van der Waals surface area contributed by atoms with Gasteiger partial charge in [0.05, 0.1) is 12.7 Å². The van der Waals surface area contributed by atoms with Crippen LogP contribution in [-0.2, 0) is 18.6 Å². The number of esters is 1. The zero-order valence-corrected chi connectivity index (χ0v) is 9.85. The minimum Gasteiger partial charge on any atom is -0.462 e. The molecule has 0 aliphatic carbocycles. The van der Waals surface area contributed by atoms with E-state index in [0.29, 0.717) is 0 Å². The summed E-state index contributed by atoms with van der Waals surface area (Å²) in [4.78, 5) is 28.0. The van der Waals surface area contributed by atoms with Gasteiger partial charge in [0.1, 0.15) is 0 Å². The van der Waals surface area contributed by atoms with Gasteiger partial charge in [-0.15, -0.1) is 0 Å². The molecule has 0 fully saturated rings. The highest BCUT2D eigenvalue weighted by atomic mass is 31.2. The number of ether oxygens (including phenoxy) is 1. The first-order valence-corrected chi connectivity index (χ1v) is 6.06. The molecule has 4 N–H and O–H groups in total. The van der Waals surface area contributed by atoms with Crippen LogP contribution in [0.2, 0.25) is 0 Å². The molecule has 0 aromatic heterocycles. The van der Waals surface area contributed by atoms with Crippen molar-refractivity contribution in [3.63, 3.8) is 0 Å². The zero-order chi connectivity index (χ0) is 12.8. The number of phosphoric ester groups is 1. The Labute approximate surface area is 93.5 Å². The number of phosphoric acid groups is 1. The SMILES string of the molecule is C=C(C)C(=O)OCCC(CN)OP(=O)(O)O. The van der Waals surface area contributed by atoms with Gasteiger partial charge in [-0.25, -0.2) is 9.36 Å². The van der Waals surface area contributed by atoms with Gasteiger partial charge in [0.2, 0.25) is 0 Å². The highest BCUT2D eigenvalue weighted by molar-refractivity contribution is 7.46. The van der Waals surface area contributed by atoms with E-state index in [0.717, 1.165) is 0 Å². The Bertz CT molecular complexity index is 299. The van der Waals surface area contributed by atoms with Crippen LogP contribution in [0.3, 0.4) is 0 Å². The summed E-state index contributed by atoms with van der Waals surface area (Å²) in [5.41, 5.74) is 5.48. The minimum atomic E-state index is -4.56. The number of nitrogens with two attached hydrogens (primary N) is 1.